The number of urea groups is 1. The molecule has 2 aliphatic carbocycles. The number of fused-ring (bicyclic) bond motifs is 2. The number of amidine groups is 1. The van der Waals surface area contributed by atoms with Gasteiger partial charge >= 0.3 is 6.03 Å². The molecule has 2 saturated carbocycles. The van der Waals surface area contributed by atoms with Crippen LogP contribution in [-0.2, 0) is 0 Å². The average molecular weight is 383 g/mol. The molecule has 146 valence electrons. The minimum Gasteiger partial charge on any atom is -0.332 e. The van der Waals surface area contributed by atoms with E-state index in [4.69, 9.17) is 5.41 Å². The van der Waals surface area contributed by atoms with Crippen molar-refractivity contribution in [3.8, 4) is 0 Å². The molecular formula is C19H21F4N3O. The van der Waals surface area contributed by atoms with Crippen LogP contribution in [0.25, 0.3) is 0 Å². The Morgan fingerprint density at radius 1 is 1.15 bits per heavy atom. The van der Waals surface area contributed by atoms with Crippen LogP contribution in [0.4, 0.5) is 22.4 Å². The van der Waals surface area contributed by atoms with E-state index in [-0.39, 0.29) is 12.3 Å². The lowest BCUT2D eigenvalue weighted by Gasteiger charge is -2.33. The fourth-order valence-corrected chi connectivity index (χ4v) is 5.06. The number of rotatable bonds is 3. The molecule has 2 N–H and O–H groups in total. The SMILES string of the molecule is N=C1CCC(c2cc(F)cc(F)c2)N1C(=O)NC12CCC(C(F)F)(CC1)C2. The van der Waals surface area contributed by atoms with Gasteiger partial charge in [-0.25, -0.2) is 22.4 Å². The number of hydrogen-bond acceptors (Lipinski definition) is 2. The van der Waals surface area contributed by atoms with Crippen molar-refractivity contribution in [3.05, 3.63) is 35.4 Å². The first-order valence-electron chi connectivity index (χ1n) is 9.17. The molecule has 1 aliphatic heterocycles. The smallest absolute Gasteiger partial charge is 0.323 e. The van der Waals surface area contributed by atoms with Gasteiger partial charge in [-0.15, -0.1) is 0 Å². The summed E-state index contributed by atoms with van der Waals surface area (Å²) in [6.07, 6.45) is 0.262. The second-order valence-corrected chi connectivity index (χ2v) is 8.12. The topological polar surface area (TPSA) is 56.2 Å². The highest BCUT2D eigenvalue weighted by Gasteiger charge is 2.59. The summed E-state index contributed by atoms with van der Waals surface area (Å²) in [7, 11) is 0. The van der Waals surface area contributed by atoms with Gasteiger partial charge in [0, 0.05) is 23.4 Å². The molecule has 2 amide bonds. The van der Waals surface area contributed by atoms with E-state index in [0.717, 1.165) is 18.2 Å². The number of likely N-dealkylation sites (tertiary alicyclic amines) is 1. The molecule has 3 fully saturated rings. The summed E-state index contributed by atoms with van der Waals surface area (Å²) < 4.78 is 54.0. The lowest BCUT2D eigenvalue weighted by Crippen LogP contribution is -2.51. The molecule has 1 atom stereocenters. The number of nitrogens with one attached hydrogen (secondary N) is 2. The van der Waals surface area contributed by atoms with E-state index in [1.165, 1.54) is 4.90 Å². The van der Waals surface area contributed by atoms with E-state index in [9.17, 15) is 22.4 Å². The third-order valence-corrected chi connectivity index (χ3v) is 6.47. The van der Waals surface area contributed by atoms with Crippen molar-refractivity contribution in [1.82, 2.24) is 10.2 Å². The Balaban J connectivity index is 1.55. The molecule has 1 unspecified atom stereocenters. The highest BCUT2D eigenvalue weighted by atomic mass is 19.3. The van der Waals surface area contributed by atoms with Gasteiger partial charge in [-0.2, -0.15) is 0 Å². The minimum atomic E-state index is -2.41. The van der Waals surface area contributed by atoms with Gasteiger partial charge in [-0.1, -0.05) is 0 Å². The molecule has 0 aromatic heterocycles. The second kappa shape index (κ2) is 6.21. The largest absolute Gasteiger partial charge is 0.332 e. The molecule has 4 nitrogen and oxygen atoms in total. The van der Waals surface area contributed by atoms with Gasteiger partial charge in [0.1, 0.15) is 17.5 Å². The van der Waals surface area contributed by atoms with Crippen molar-refractivity contribution in [2.24, 2.45) is 5.41 Å². The third-order valence-electron chi connectivity index (χ3n) is 6.47. The monoisotopic (exact) mass is 383 g/mol. The molecule has 4 rings (SSSR count). The third kappa shape index (κ3) is 2.99. The zero-order valence-electron chi connectivity index (χ0n) is 14.7. The zero-order chi connectivity index (χ0) is 19.4. The van der Waals surface area contributed by atoms with E-state index in [1.807, 2.05) is 0 Å². The van der Waals surface area contributed by atoms with Gasteiger partial charge in [0.25, 0.3) is 0 Å². The second-order valence-electron chi connectivity index (χ2n) is 8.12. The zero-order valence-corrected chi connectivity index (χ0v) is 14.7. The van der Waals surface area contributed by atoms with Crippen LogP contribution in [-0.4, -0.2) is 28.7 Å². The lowest BCUT2D eigenvalue weighted by atomic mass is 9.84. The first-order valence-corrected chi connectivity index (χ1v) is 9.17. The van der Waals surface area contributed by atoms with Gasteiger partial charge in [0.05, 0.1) is 6.04 Å². The normalized spacial score (nSPS) is 32.6. The first-order chi connectivity index (χ1) is 12.7. The highest BCUT2D eigenvalue weighted by Crippen LogP contribution is 2.59. The number of amides is 2. The van der Waals surface area contributed by atoms with E-state index in [0.29, 0.717) is 44.1 Å². The number of carbonyl (C=O) groups excluding carboxylic acids is 1. The molecule has 1 aromatic rings. The van der Waals surface area contributed by atoms with E-state index in [2.05, 4.69) is 5.32 Å². The maximum absolute atomic E-state index is 13.6. The number of halogens is 4. The lowest BCUT2D eigenvalue weighted by molar-refractivity contribution is 0.00162. The van der Waals surface area contributed by atoms with E-state index < -0.39 is 41.1 Å². The van der Waals surface area contributed by atoms with Gasteiger partial charge < -0.3 is 5.32 Å². The number of benzene rings is 1. The van der Waals surface area contributed by atoms with Crippen LogP contribution >= 0.6 is 0 Å². The molecular weight excluding hydrogens is 362 g/mol. The Hall–Kier alpha value is -2.12. The first kappa shape index (κ1) is 18.3. The molecule has 1 heterocycles. The van der Waals surface area contributed by atoms with Crippen LogP contribution < -0.4 is 5.32 Å². The van der Waals surface area contributed by atoms with Crippen molar-refractivity contribution in [2.75, 3.05) is 0 Å². The van der Waals surface area contributed by atoms with Crippen molar-refractivity contribution < 1.29 is 22.4 Å². The summed E-state index contributed by atoms with van der Waals surface area (Å²) in [5, 5.41) is 11.0. The summed E-state index contributed by atoms with van der Waals surface area (Å²) >= 11 is 0. The molecule has 0 radical (unpaired) electrons. The average Bonchev–Trinajstić information content (AvgIpc) is 3.25. The van der Waals surface area contributed by atoms with Gasteiger partial charge in [-0.05, 0) is 56.2 Å². The van der Waals surface area contributed by atoms with Crippen LogP contribution in [0.2, 0.25) is 0 Å². The van der Waals surface area contributed by atoms with Crippen LogP contribution in [0, 0.1) is 22.5 Å². The number of alkyl halides is 2. The summed E-state index contributed by atoms with van der Waals surface area (Å²) in [5.41, 5.74) is -1.40. The quantitative estimate of drug-likeness (QED) is 0.727. The summed E-state index contributed by atoms with van der Waals surface area (Å²) in [6, 6.07) is 1.91. The Morgan fingerprint density at radius 2 is 1.78 bits per heavy atom. The predicted octanol–water partition coefficient (Wildman–Crippen LogP) is 4.76. The van der Waals surface area contributed by atoms with Crippen molar-refractivity contribution >= 4 is 11.9 Å². The Labute approximate surface area is 154 Å². The molecule has 2 bridgehead atoms. The minimum absolute atomic E-state index is 0.0645. The van der Waals surface area contributed by atoms with E-state index >= 15 is 0 Å². The molecule has 27 heavy (non-hydrogen) atoms. The Morgan fingerprint density at radius 3 is 2.33 bits per heavy atom. The van der Waals surface area contributed by atoms with Crippen LogP contribution in [0.3, 0.4) is 0 Å². The van der Waals surface area contributed by atoms with Crippen molar-refractivity contribution in [3.63, 3.8) is 0 Å². The molecule has 0 spiro atoms. The summed E-state index contributed by atoms with van der Waals surface area (Å²) in [5.74, 6) is -1.42. The van der Waals surface area contributed by atoms with Gasteiger partial charge in [0.15, 0.2) is 0 Å². The summed E-state index contributed by atoms with van der Waals surface area (Å²) in [6.45, 7) is 0. The molecule has 1 saturated heterocycles. The number of hydrogen-bond donors (Lipinski definition) is 2. The van der Waals surface area contributed by atoms with Gasteiger partial charge in [-0.3, -0.25) is 10.3 Å². The molecule has 1 aromatic carbocycles. The summed E-state index contributed by atoms with van der Waals surface area (Å²) in [4.78, 5) is 14.1. The number of nitrogens with zero attached hydrogens (tertiary/aromatic N) is 1. The number of carbonyl (C=O) groups is 1. The van der Waals surface area contributed by atoms with Gasteiger partial charge in [0.2, 0.25) is 6.43 Å². The van der Waals surface area contributed by atoms with E-state index in [1.54, 1.807) is 0 Å². The molecule has 8 heteroatoms. The Kier molecular flexibility index (Phi) is 4.20. The maximum atomic E-state index is 13.6. The van der Waals surface area contributed by atoms with Crippen molar-refractivity contribution in [2.45, 2.75) is 63.0 Å². The molecule has 3 aliphatic rings. The fraction of sp³-hybridized carbons (Fsp3) is 0.579. The maximum Gasteiger partial charge on any atom is 0.323 e. The van der Waals surface area contributed by atoms with Crippen LogP contribution in [0.1, 0.15) is 56.6 Å². The Bertz CT molecular complexity index is 769. The highest BCUT2D eigenvalue weighted by molar-refractivity contribution is 5.98. The fourth-order valence-electron chi connectivity index (χ4n) is 5.06. The predicted molar refractivity (Wildman–Crippen MR) is 90.7 cm³/mol. The van der Waals surface area contributed by atoms with Crippen molar-refractivity contribution in [1.29, 1.82) is 5.41 Å². The standard InChI is InChI=1S/C19H21F4N3O/c20-12-7-11(8-13(21)9-12)14-1-2-15(24)26(14)17(27)25-19-5-3-18(10-19,4-6-19)16(22)23/h7-9,14,16,24H,1-6,10H2,(H,25,27). The van der Waals surface area contributed by atoms with Crippen LogP contribution in [0.15, 0.2) is 18.2 Å². The van der Waals surface area contributed by atoms with Crippen LogP contribution in [0.5, 0.6) is 0 Å².